The Labute approximate surface area is 133 Å². The summed E-state index contributed by atoms with van der Waals surface area (Å²) in [6, 6.07) is 5.30. The summed E-state index contributed by atoms with van der Waals surface area (Å²) in [6.07, 6.45) is -4.79. The predicted molar refractivity (Wildman–Crippen MR) is 75.8 cm³/mol. The fraction of sp³-hybridized carbons (Fsp3) is 0.100. The highest BCUT2D eigenvalue weighted by atomic mass is 127. The van der Waals surface area contributed by atoms with Crippen LogP contribution in [-0.2, 0) is 0 Å². The van der Waals surface area contributed by atoms with E-state index >= 15 is 0 Å². The molecule has 1 rings (SSSR count). The second kappa shape index (κ2) is 6.76. The van der Waals surface area contributed by atoms with Crippen LogP contribution in [0.4, 0.5) is 18.9 Å². The number of hydrogen-bond acceptors (Lipinski definition) is 5. The molecule has 5 nitrogen and oxygen atoms in total. The van der Waals surface area contributed by atoms with E-state index in [1.54, 1.807) is 22.6 Å². The standard InChI is InChI=1S/C10H3BrF3IN4O/c11-7-1-6(20-10(12,13)14)2-8(15)9(7)19-18-5(3-16)4-17/h1-2,19H. The van der Waals surface area contributed by atoms with E-state index in [0.717, 1.165) is 12.1 Å². The van der Waals surface area contributed by atoms with E-state index in [9.17, 15) is 13.2 Å². The van der Waals surface area contributed by atoms with Crippen LogP contribution < -0.4 is 10.2 Å². The molecule has 104 valence electrons. The third-order valence-electron chi connectivity index (χ3n) is 1.74. The molecule has 1 aromatic carbocycles. The monoisotopic (exact) mass is 458 g/mol. The summed E-state index contributed by atoms with van der Waals surface area (Å²) in [7, 11) is 0. The Hall–Kier alpha value is -1.53. The highest BCUT2D eigenvalue weighted by molar-refractivity contribution is 14.1. The summed E-state index contributed by atoms with van der Waals surface area (Å²) in [5.41, 5.74) is 2.32. The zero-order valence-electron chi connectivity index (χ0n) is 9.29. The van der Waals surface area contributed by atoms with E-state index in [2.05, 4.69) is 31.2 Å². The lowest BCUT2D eigenvalue weighted by Crippen LogP contribution is -2.17. The third kappa shape index (κ3) is 4.86. The van der Waals surface area contributed by atoms with Gasteiger partial charge in [-0.25, -0.2) is 0 Å². The number of alkyl halides is 3. The van der Waals surface area contributed by atoms with Crippen LogP contribution >= 0.6 is 38.5 Å². The van der Waals surface area contributed by atoms with Crippen LogP contribution in [0.5, 0.6) is 5.75 Å². The molecule has 0 bridgehead atoms. The van der Waals surface area contributed by atoms with Gasteiger partial charge in [0.2, 0.25) is 5.71 Å². The summed E-state index contributed by atoms with van der Waals surface area (Å²) < 4.78 is 40.7. The van der Waals surface area contributed by atoms with Gasteiger partial charge in [0.25, 0.3) is 0 Å². The lowest BCUT2D eigenvalue weighted by atomic mass is 10.3. The van der Waals surface area contributed by atoms with Gasteiger partial charge in [0, 0.05) is 8.04 Å². The second-order valence-corrected chi connectivity index (χ2v) is 5.12. The Bertz CT molecular complexity index is 594. The molecule has 20 heavy (non-hydrogen) atoms. The maximum atomic E-state index is 12.1. The quantitative estimate of drug-likeness (QED) is 0.424. The van der Waals surface area contributed by atoms with Gasteiger partial charge in [-0.05, 0) is 50.7 Å². The first kappa shape index (κ1) is 16.5. The molecule has 0 spiro atoms. The number of nitriles is 2. The zero-order valence-corrected chi connectivity index (χ0v) is 13.0. The van der Waals surface area contributed by atoms with Crippen LogP contribution in [0.15, 0.2) is 21.7 Å². The van der Waals surface area contributed by atoms with E-state index in [0.29, 0.717) is 9.26 Å². The Morgan fingerprint density at radius 2 is 1.95 bits per heavy atom. The first-order valence-electron chi connectivity index (χ1n) is 4.65. The van der Waals surface area contributed by atoms with Crippen LogP contribution in [0.25, 0.3) is 0 Å². The Balaban J connectivity index is 3.05. The number of nitrogens with zero attached hydrogens (tertiary/aromatic N) is 3. The Morgan fingerprint density at radius 1 is 1.35 bits per heavy atom. The molecule has 0 radical (unpaired) electrons. The van der Waals surface area contributed by atoms with Crippen molar-refractivity contribution in [1.29, 1.82) is 10.5 Å². The van der Waals surface area contributed by atoms with Crippen LogP contribution in [-0.4, -0.2) is 12.1 Å². The van der Waals surface area contributed by atoms with Gasteiger partial charge >= 0.3 is 6.36 Å². The van der Waals surface area contributed by atoms with Gasteiger partial charge < -0.3 is 4.74 Å². The average Bonchev–Trinajstić information content (AvgIpc) is 2.30. The molecule has 0 heterocycles. The fourth-order valence-corrected chi connectivity index (χ4v) is 2.65. The molecule has 1 aromatic rings. The van der Waals surface area contributed by atoms with Gasteiger partial charge in [-0.1, -0.05) is 0 Å². The number of ether oxygens (including phenoxy) is 1. The van der Waals surface area contributed by atoms with Gasteiger partial charge in [-0.2, -0.15) is 15.6 Å². The zero-order chi connectivity index (χ0) is 15.3. The van der Waals surface area contributed by atoms with E-state index in [4.69, 9.17) is 10.5 Å². The molecule has 0 amide bonds. The van der Waals surface area contributed by atoms with Crippen molar-refractivity contribution in [2.75, 3.05) is 5.43 Å². The molecule has 1 N–H and O–H groups in total. The van der Waals surface area contributed by atoms with Gasteiger partial charge in [-0.15, -0.1) is 13.2 Å². The summed E-state index contributed by atoms with van der Waals surface area (Å²) in [5.74, 6) is -0.399. The van der Waals surface area contributed by atoms with Gasteiger partial charge in [-0.3, -0.25) is 5.43 Å². The second-order valence-electron chi connectivity index (χ2n) is 3.11. The molecule has 0 saturated heterocycles. The Morgan fingerprint density at radius 3 is 2.40 bits per heavy atom. The number of hydrazone groups is 1. The fourth-order valence-electron chi connectivity index (χ4n) is 1.04. The van der Waals surface area contributed by atoms with Gasteiger partial charge in [0.15, 0.2) is 0 Å². The van der Waals surface area contributed by atoms with Crippen molar-refractivity contribution in [3.8, 4) is 17.9 Å². The topological polar surface area (TPSA) is 81.2 Å². The number of hydrogen-bond donors (Lipinski definition) is 1. The number of benzene rings is 1. The van der Waals surface area contributed by atoms with E-state index < -0.39 is 17.8 Å². The van der Waals surface area contributed by atoms with E-state index in [-0.39, 0.29) is 4.47 Å². The highest BCUT2D eigenvalue weighted by Gasteiger charge is 2.31. The highest BCUT2D eigenvalue weighted by Crippen LogP contribution is 2.34. The number of nitrogens with one attached hydrogen (secondary N) is 1. The van der Waals surface area contributed by atoms with Crippen LogP contribution in [0.1, 0.15) is 0 Å². The number of halogens is 5. The smallest absolute Gasteiger partial charge is 0.406 e. The van der Waals surface area contributed by atoms with Crippen LogP contribution in [0, 0.1) is 26.2 Å². The lowest BCUT2D eigenvalue weighted by molar-refractivity contribution is -0.274. The first-order chi connectivity index (χ1) is 9.26. The SMILES string of the molecule is N#CC(C#N)=NNc1c(Br)cc(OC(F)(F)F)cc1I. The molecule has 0 aliphatic carbocycles. The molecular formula is C10H3BrF3IN4O. The van der Waals surface area contributed by atoms with Crippen molar-refractivity contribution in [3.05, 3.63) is 20.2 Å². The predicted octanol–water partition coefficient (Wildman–Crippen LogP) is 3.77. The first-order valence-corrected chi connectivity index (χ1v) is 6.52. The average molecular weight is 459 g/mol. The molecule has 0 unspecified atom stereocenters. The largest absolute Gasteiger partial charge is 0.573 e. The molecule has 0 saturated carbocycles. The van der Waals surface area contributed by atoms with E-state index in [1.165, 1.54) is 12.1 Å². The molecule has 0 aliphatic heterocycles. The minimum absolute atomic E-state index is 0.239. The minimum Gasteiger partial charge on any atom is -0.406 e. The molecule has 0 fully saturated rings. The van der Waals surface area contributed by atoms with Crippen molar-refractivity contribution < 1.29 is 17.9 Å². The normalized spacial score (nSPS) is 10.2. The number of rotatable bonds is 3. The van der Waals surface area contributed by atoms with Crippen LogP contribution in [0.2, 0.25) is 0 Å². The maximum absolute atomic E-state index is 12.1. The van der Waals surface area contributed by atoms with Crippen LogP contribution in [0.3, 0.4) is 0 Å². The third-order valence-corrected chi connectivity index (χ3v) is 3.22. The lowest BCUT2D eigenvalue weighted by Gasteiger charge is -2.12. The Kier molecular flexibility index (Phi) is 5.59. The van der Waals surface area contributed by atoms with E-state index in [1.807, 2.05) is 0 Å². The summed E-state index contributed by atoms with van der Waals surface area (Å²) in [6.45, 7) is 0. The molecule has 0 atom stereocenters. The van der Waals surface area contributed by atoms with Crippen molar-refractivity contribution in [1.82, 2.24) is 0 Å². The minimum atomic E-state index is -4.79. The molecule has 10 heteroatoms. The summed E-state index contributed by atoms with van der Waals surface area (Å²) in [4.78, 5) is 0. The molecule has 0 aliphatic rings. The maximum Gasteiger partial charge on any atom is 0.573 e. The molecule has 0 aromatic heterocycles. The van der Waals surface area contributed by atoms with Gasteiger partial charge in [0.05, 0.1) is 5.69 Å². The number of anilines is 1. The van der Waals surface area contributed by atoms with Crippen molar-refractivity contribution in [2.24, 2.45) is 5.10 Å². The van der Waals surface area contributed by atoms with Crippen molar-refractivity contribution >= 4 is 49.9 Å². The van der Waals surface area contributed by atoms with Crippen molar-refractivity contribution in [3.63, 3.8) is 0 Å². The molecular weight excluding hydrogens is 456 g/mol. The summed E-state index contributed by atoms with van der Waals surface area (Å²) >= 11 is 4.81. The summed E-state index contributed by atoms with van der Waals surface area (Å²) in [5, 5.41) is 20.5. The van der Waals surface area contributed by atoms with Gasteiger partial charge in [0.1, 0.15) is 17.9 Å². The van der Waals surface area contributed by atoms with Crippen molar-refractivity contribution in [2.45, 2.75) is 6.36 Å².